The number of nitrogens with zero attached hydrogens (tertiary/aromatic N) is 3. The molecule has 2 rings (SSSR count). The standard InChI is InChI=1S/C13H20N4/c1-3-17(9-8-14)10-12-11-6-4-5-7-13(11)16(2)15-12/h4-7H,3,8-10,14H2,1-2H3. The van der Waals surface area contributed by atoms with Gasteiger partial charge in [-0.05, 0) is 12.6 Å². The van der Waals surface area contributed by atoms with E-state index in [0.717, 1.165) is 25.3 Å². The Bertz CT molecular complexity index is 489. The Morgan fingerprint density at radius 1 is 1.35 bits per heavy atom. The molecule has 17 heavy (non-hydrogen) atoms. The van der Waals surface area contributed by atoms with E-state index >= 15 is 0 Å². The molecule has 4 nitrogen and oxygen atoms in total. The van der Waals surface area contributed by atoms with Crippen molar-refractivity contribution < 1.29 is 0 Å². The minimum atomic E-state index is 0.693. The van der Waals surface area contributed by atoms with Crippen molar-refractivity contribution in [3.05, 3.63) is 30.0 Å². The SMILES string of the molecule is CCN(CCN)Cc1nn(C)c2ccccc12. The van der Waals surface area contributed by atoms with Crippen molar-refractivity contribution in [2.75, 3.05) is 19.6 Å². The van der Waals surface area contributed by atoms with Gasteiger partial charge in [0.2, 0.25) is 0 Å². The van der Waals surface area contributed by atoms with Crippen molar-refractivity contribution in [3.63, 3.8) is 0 Å². The molecular formula is C13H20N4. The summed E-state index contributed by atoms with van der Waals surface area (Å²) in [5.41, 5.74) is 7.93. The van der Waals surface area contributed by atoms with E-state index in [2.05, 4.69) is 35.1 Å². The second-order valence-electron chi connectivity index (χ2n) is 4.24. The highest BCUT2D eigenvalue weighted by molar-refractivity contribution is 5.81. The molecule has 0 saturated heterocycles. The molecule has 0 aliphatic carbocycles. The van der Waals surface area contributed by atoms with E-state index < -0.39 is 0 Å². The quantitative estimate of drug-likeness (QED) is 0.846. The van der Waals surface area contributed by atoms with Gasteiger partial charge < -0.3 is 5.73 Å². The molecule has 1 heterocycles. The van der Waals surface area contributed by atoms with Crippen LogP contribution in [0, 0.1) is 0 Å². The normalized spacial score (nSPS) is 11.5. The predicted molar refractivity (Wildman–Crippen MR) is 70.7 cm³/mol. The Balaban J connectivity index is 2.29. The summed E-state index contributed by atoms with van der Waals surface area (Å²) in [7, 11) is 1.99. The minimum Gasteiger partial charge on any atom is -0.329 e. The van der Waals surface area contributed by atoms with Gasteiger partial charge in [0.1, 0.15) is 0 Å². The van der Waals surface area contributed by atoms with Crippen LogP contribution in [-0.2, 0) is 13.6 Å². The maximum atomic E-state index is 5.61. The van der Waals surface area contributed by atoms with Crippen LogP contribution in [0.5, 0.6) is 0 Å². The fraction of sp³-hybridized carbons (Fsp3) is 0.462. The number of hydrogen-bond acceptors (Lipinski definition) is 3. The first-order valence-corrected chi connectivity index (χ1v) is 6.09. The summed E-state index contributed by atoms with van der Waals surface area (Å²) in [6.07, 6.45) is 0. The van der Waals surface area contributed by atoms with Crippen molar-refractivity contribution in [3.8, 4) is 0 Å². The van der Waals surface area contributed by atoms with E-state index in [1.54, 1.807) is 0 Å². The van der Waals surface area contributed by atoms with E-state index in [4.69, 9.17) is 5.73 Å². The molecule has 0 aliphatic heterocycles. The number of benzene rings is 1. The molecular weight excluding hydrogens is 212 g/mol. The van der Waals surface area contributed by atoms with Gasteiger partial charge in [0.05, 0.1) is 11.2 Å². The Labute approximate surface area is 102 Å². The summed E-state index contributed by atoms with van der Waals surface area (Å²) in [4.78, 5) is 2.31. The van der Waals surface area contributed by atoms with Crippen LogP contribution in [0.25, 0.3) is 10.9 Å². The third kappa shape index (κ3) is 2.48. The number of nitrogens with two attached hydrogens (primary N) is 1. The molecule has 1 aromatic carbocycles. The zero-order valence-electron chi connectivity index (χ0n) is 10.6. The van der Waals surface area contributed by atoms with E-state index in [1.165, 1.54) is 10.9 Å². The molecule has 0 radical (unpaired) electrons. The number of likely N-dealkylation sites (N-methyl/N-ethyl adjacent to an activating group) is 1. The third-order valence-electron chi connectivity index (χ3n) is 3.10. The highest BCUT2D eigenvalue weighted by atomic mass is 15.3. The van der Waals surface area contributed by atoms with Crippen LogP contribution < -0.4 is 5.73 Å². The highest BCUT2D eigenvalue weighted by Crippen LogP contribution is 2.18. The van der Waals surface area contributed by atoms with Gasteiger partial charge in [-0.2, -0.15) is 5.10 Å². The maximum Gasteiger partial charge on any atom is 0.0843 e. The van der Waals surface area contributed by atoms with E-state index in [0.29, 0.717) is 6.54 Å². The Kier molecular flexibility index (Phi) is 3.76. The number of para-hydroxylation sites is 1. The molecule has 0 atom stereocenters. The smallest absolute Gasteiger partial charge is 0.0843 e. The van der Waals surface area contributed by atoms with Crippen LogP contribution in [0.1, 0.15) is 12.6 Å². The summed E-state index contributed by atoms with van der Waals surface area (Å²) >= 11 is 0. The molecule has 0 spiro atoms. The Morgan fingerprint density at radius 2 is 2.12 bits per heavy atom. The summed E-state index contributed by atoms with van der Waals surface area (Å²) in [5, 5.41) is 5.84. The average Bonchev–Trinajstić information content (AvgIpc) is 2.66. The van der Waals surface area contributed by atoms with Crippen molar-refractivity contribution in [2.45, 2.75) is 13.5 Å². The lowest BCUT2D eigenvalue weighted by atomic mass is 10.2. The fourth-order valence-electron chi connectivity index (χ4n) is 2.15. The molecule has 0 bridgehead atoms. The summed E-state index contributed by atoms with van der Waals surface area (Å²) < 4.78 is 1.95. The van der Waals surface area contributed by atoms with Gasteiger partial charge in [-0.25, -0.2) is 0 Å². The van der Waals surface area contributed by atoms with Crippen LogP contribution in [0.3, 0.4) is 0 Å². The molecule has 0 saturated carbocycles. The van der Waals surface area contributed by atoms with Crippen molar-refractivity contribution in [2.24, 2.45) is 12.8 Å². The second-order valence-corrected chi connectivity index (χ2v) is 4.24. The van der Waals surface area contributed by atoms with Crippen LogP contribution >= 0.6 is 0 Å². The molecule has 0 aliphatic rings. The molecule has 0 amide bonds. The zero-order valence-corrected chi connectivity index (χ0v) is 10.6. The highest BCUT2D eigenvalue weighted by Gasteiger charge is 2.10. The predicted octanol–water partition coefficient (Wildman–Crippen LogP) is 1.35. The lowest BCUT2D eigenvalue weighted by molar-refractivity contribution is 0.285. The molecule has 1 aromatic heterocycles. The minimum absolute atomic E-state index is 0.693. The molecule has 4 heteroatoms. The van der Waals surface area contributed by atoms with Crippen molar-refractivity contribution in [1.29, 1.82) is 0 Å². The largest absolute Gasteiger partial charge is 0.329 e. The second kappa shape index (κ2) is 5.29. The lowest BCUT2D eigenvalue weighted by Gasteiger charge is -2.17. The maximum absolute atomic E-state index is 5.61. The summed E-state index contributed by atoms with van der Waals surface area (Å²) in [6.45, 7) is 5.64. The number of rotatable bonds is 5. The molecule has 0 fully saturated rings. The number of aromatic nitrogens is 2. The van der Waals surface area contributed by atoms with E-state index in [9.17, 15) is 0 Å². The zero-order chi connectivity index (χ0) is 12.3. The van der Waals surface area contributed by atoms with Crippen LogP contribution in [0.2, 0.25) is 0 Å². The van der Waals surface area contributed by atoms with Crippen molar-refractivity contribution >= 4 is 10.9 Å². The van der Waals surface area contributed by atoms with E-state index in [-0.39, 0.29) is 0 Å². The van der Waals surface area contributed by atoms with Crippen LogP contribution in [-0.4, -0.2) is 34.3 Å². The van der Waals surface area contributed by atoms with Gasteiger partial charge in [0.15, 0.2) is 0 Å². The summed E-state index contributed by atoms with van der Waals surface area (Å²) in [6, 6.07) is 8.34. The summed E-state index contributed by atoms with van der Waals surface area (Å²) in [5.74, 6) is 0. The van der Waals surface area contributed by atoms with Gasteiger partial charge in [-0.3, -0.25) is 9.58 Å². The molecule has 2 aromatic rings. The molecule has 2 N–H and O–H groups in total. The average molecular weight is 232 g/mol. The number of aryl methyl sites for hydroxylation is 1. The van der Waals surface area contributed by atoms with Crippen LogP contribution in [0.15, 0.2) is 24.3 Å². The fourth-order valence-corrected chi connectivity index (χ4v) is 2.15. The van der Waals surface area contributed by atoms with Crippen molar-refractivity contribution in [1.82, 2.24) is 14.7 Å². The lowest BCUT2D eigenvalue weighted by Crippen LogP contribution is -2.29. The molecule has 92 valence electrons. The first kappa shape index (κ1) is 12.1. The number of hydrogen-bond donors (Lipinski definition) is 1. The molecule has 0 unspecified atom stereocenters. The topological polar surface area (TPSA) is 47.1 Å². The van der Waals surface area contributed by atoms with Gasteiger partial charge in [0.25, 0.3) is 0 Å². The van der Waals surface area contributed by atoms with Gasteiger partial charge in [-0.15, -0.1) is 0 Å². The van der Waals surface area contributed by atoms with E-state index in [1.807, 2.05) is 17.8 Å². The Morgan fingerprint density at radius 3 is 2.82 bits per heavy atom. The first-order valence-electron chi connectivity index (χ1n) is 6.09. The Hall–Kier alpha value is -1.39. The first-order chi connectivity index (χ1) is 8.26. The monoisotopic (exact) mass is 232 g/mol. The van der Waals surface area contributed by atoms with Gasteiger partial charge in [-0.1, -0.05) is 25.1 Å². The van der Waals surface area contributed by atoms with Gasteiger partial charge in [0, 0.05) is 32.1 Å². The third-order valence-corrected chi connectivity index (χ3v) is 3.10. The number of fused-ring (bicyclic) bond motifs is 1. The van der Waals surface area contributed by atoms with Crippen LogP contribution in [0.4, 0.5) is 0 Å². The van der Waals surface area contributed by atoms with Gasteiger partial charge >= 0.3 is 0 Å².